The smallest absolute Gasteiger partial charge is 0.263 e. The SMILES string of the molecule is CC1OCCC1NC(=O)c1sc2ccc(Cl)cc2c1N. The van der Waals surface area contributed by atoms with Gasteiger partial charge in [0.1, 0.15) is 4.88 Å². The van der Waals surface area contributed by atoms with Crippen LogP contribution in [-0.2, 0) is 4.74 Å². The zero-order valence-electron chi connectivity index (χ0n) is 11.0. The van der Waals surface area contributed by atoms with Crippen LogP contribution in [0.1, 0.15) is 23.0 Å². The minimum Gasteiger partial charge on any atom is -0.397 e. The lowest BCUT2D eigenvalue weighted by Gasteiger charge is -2.15. The number of thiophene rings is 1. The summed E-state index contributed by atoms with van der Waals surface area (Å²) in [5.41, 5.74) is 6.57. The third-order valence-corrected chi connectivity index (χ3v) is 5.01. The normalized spacial score (nSPS) is 22.3. The molecule has 1 fully saturated rings. The Bertz CT molecular complexity index is 670. The van der Waals surface area contributed by atoms with Crippen molar-refractivity contribution in [2.24, 2.45) is 0 Å². The van der Waals surface area contributed by atoms with Gasteiger partial charge in [-0.3, -0.25) is 4.79 Å². The highest BCUT2D eigenvalue weighted by molar-refractivity contribution is 7.21. The molecule has 3 rings (SSSR count). The predicted molar refractivity (Wildman–Crippen MR) is 82.5 cm³/mol. The van der Waals surface area contributed by atoms with Gasteiger partial charge in [-0.15, -0.1) is 11.3 Å². The van der Waals surface area contributed by atoms with Crippen molar-refractivity contribution in [1.82, 2.24) is 5.32 Å². The average molecular weight is 311 g/mol. The van der Waals surface area contributed by atoms with E-state index in [1.165, 1.54) is 11.3 Å². The summed E-state index contributed by atoms with van der Waals surface area (Å²) in [6, 6.07) is 5.53. The summed E-state index contributed by atoms with van der Waals surface area (Å²) in [6.07, 6.45) is 0.882. The molecular formula is C14H15ClN2O2S. The molecular weight excluding hydrogens is 296 g/mol. The molecule has 1 amide bonds. The summed E-state index contributed by atoms with van der Waals surface area (Å²) in [7, 11) is 0. The maximum Gasteiger partial charge on any atom is 0.263 e. The largest absolute Gasteiger partial charge is 0.397 e. The number of nitrogen functional groups attached to an aromatic ring is 1. The lowest BCUT2D eigenvalue weighted by molar-refractivity contribution is 0.0870. The Morgan fingerprint density at radius 2 is 2.35 bits per heavy atom. The lowest BCUT2D eigenvalue weighted by atomic mass is 10.1. The highest BCUT2D eigenvalue weighted by atomic mass is 35.5. The van der Waals surface area contributed by atoms with Crippen LogP contribution in [-0.4, -0.2) is 24.7 Å². The minimum atomic E-state index is -0.137. The molecule has 1 aromatic heterocycles. The third-order valence-electron chi connectivity index (χ3n) is 3.59. The van der Waals surface area contributed by atoms with Crippen molar-refractivity contribution in [3.63, 3.8) is 0 Å². The molecule has 0 aliphatic carbocycles. The van der Waals surface area contributed by atoms with Crippen molar-refractivity contribution in [3.05, 3.63) is 28.1 Å². The molecule has 0 saturated carbocycles. The van der Waals surface area contributed by atoms with Crippen molar-refractivity contribution >= 4 is 44.6 Å². The number of nitrogens with two attached hydrogens (primary N) is 1. The van der Waals surface area contributed by atoms with Crippen LogP contribution in [0.4, 0.5) is 5.69 Å². The first kappa shape index (κ1) is 13.7. The molecule has 106 valence electrons. The quantitative estimate of drug-likeness (QED) is 0.896. The summed E-state index contributed by atoms with van der Waals surface area (Å²) in [5, 5.41) is 4.45. The van der Waals surface area contributed by atoms with Gasteiger partial charge < -0.3 is 15.8 Å². The van der Waals surface area contributed by atoms with E-state index in [0.717, 1.165) is 16.5 Å². The molecule has 0 spiro atoms. The van der Waals surface area contributed by atoms with Crippen molar-refractivity contribution in [1.29, 1.82) is 0 Å². The fraction of sp³-hybridized carbons (Fsp3) is 0.357. The Balaban J connectivity index is 1.89. The number of rotatable bonds is 2. The maximum absolute atomic E-state index is 12.4. The molecule has 4 nitrogen and oxygen atoms in total. The Labute approximate surface area is 125 Å². The van der Waals surface area contributed by atoms with Crippen LogP contribution >= 0.6 is 22.9 Å². The van der Waals surface area contributed by atoms with Crippen molar-refractivity contribution in [3.8, 4) is 0 Å². The van der Waals surface area contributed by atoms with Crippen molar-refractivity contribution in [2.45, 2.75) is 25.5 Å². The lowest BCUT2D eigenvalue weighted by Crippen LogP contribution is -2.39. The predicted octanol–water partition coefficient (Wildman–Crippen LogP) is 3.04. The van der Waals surface area contributed by atoms with Gasteiger partial charge in [0.25, 0.3) is 5.91 Å². The fourth-order valence-electron chi connectivity index (χ4n) is 2.41. The standard InChI is InChI=1S/C14H15ClN2O2S/c1-7-10(4-5-19-7)17-14(18)13-12(16)9-6-8(15)2-3-11(9)20-13/h2-3,6-7,10H,4-5,16H2,1H3,(H,17,18). The minimum absolute atomic E-state index is 0.0454. The van der Waals surface area contributed by atoms with Gasteiger partial charge in [-0.2, -0.15) is 0 Å². The monoisotopic (exact) mass is 310 g/mol. The van der Waals surface area contributed by atoms with E-state index in [1.807, 2.05) is 13.0 Å². The first-order valence-electron chi connectivity index (χ1n) is 6.46. The molecule has 0 radical (unpaired) electrons. The van der Waals surface area contributed by atoms with Crippen LogP contribution in [0.25, 0.3) is 10.1 Å². The maximum atomic E-state index is 12.4. The average Bonchev–Trinajstić information content (AvgIpc) is 2.95. The number of benzene rings is 1. The van der Waals surface area contributed by atoms with E-state index in [9.17, 15) is 4.79 Å². The topological polar surface area (TPSA) is 64.3 Å². The Kier molecular flexibility index (Phi) is 3.58. The highest BCUT2D eigenvalue weighted by Crippen LogP contribution is 2.35. The molecule has 6 heteroatoms. The molecule has 1 aliphatic rings. The van der Waals surface area contributed by atoms with E-state index in [2.05, 4.69) is 5.32 Å². The number of carbonyl (C=O) groups is 1. The molecule has 2 atom stereocenters. The van der Waals surface area contributed by atoms with Crippen LogP contribution in [0.5, 0.6) is 0 Å². The Morgan fingerprint density at radius 1 is 1.55 bits per heavy atom. The summed E-state index contributed by atoms with van der Waals surface area (Å²) in [5.74, 6) is -0.137. The molecule has 0 bridgehead atoms. The van der Waals surface area contributed by atoms with E-state index in [-0.39, 0.29) is 18.1 Å². The zero-order valence-corrected chi connectivity index (χ0v) is 12.6. The fourth-order valence-corrected chi connectivity index (χ4v) is 3.59. The number of nitrogens with one attached hydrogen (secondary N) is 1. The van der Waals surface area contributed by atoms with Crippen LogP contribution in [0, 0.1) is 0 Å². The van der Waals surface area contributed by atoms with Crippen LogP contribution in [0.15, 0.2) is 18.2 Å². The Morgan fingerprint density at radius 3 is 3.05 bits per heavy atom. The van der Waals surface area contributed by atoms with E-state index >= 15 is 0 Å². The number of hydrogen-bond acceptors (Lipinski definition) is 4. The molecule has 3 N–H and O–H groups in total. The number of amides is 1. The van der Waals surface area contributed by atoms with E-state index in [4.69, 9.17) is 22.1 Å². The number of halogens is 1. The Hall–Kier alpha value is -1.30. The first-order chi connectivity index (χ1) is 9.56. The summed E-state index contributed by atoms with van der Waals surface area (Å²) >= 11 is 7.36. The van der Waals surface area contributed by atoms with Gasteiger partial charge in [-0.1, -0.05) is 11.6 Å². The molecule has 20 heavy (non-hydrogen) atoms. The van der Waals surface area contributed by atoms with Gasteiger partial charge in [0, 0.05) is 21.7 Å². The van der Waals surface area contributed by atoms with E-state index in [0.29, 0.717) is 22.2 Å². The van der Waals surface area contributed by atoms with E-state index < -0.39 is 0 Å². The summed E-state index contributed by atoms with van der Waals surface area (Å²) in [6.45, 7) is 2.65. The summed E-state index contributed by atoms with van der Waals surface area (Å²) < 4.78 is 6.41. The number of carbonyl (C=O) groups excluding carboxylic acids is 1. The number of hydrogen-bond donors (Lipinski definition) is 2. The first-order valence-corrected chi connectivity index (χ1v) is 7.65. The van der Waals surface area contributed by atoms with Gasteiger partial charge >= 0.3 is 0 Å². The van der Waals surface area contributed by atoms with Crippen LogP contribution < -0.4 is 11.1 Å². The van der Waals surface area contributed by atoms with Gasteiger partial charge in [0.15, 0.2) is 0 Å². The van der Waals surface area contributed by atoms with Gasteiger partial charge in [0.2, 0.25) is 0 Å². The summed E-state index contributed by atoms with van der Waals surface area (Å²) in [4.78, 5) is 12.9. The molecule has 2 heterocycles. The second-order valence-corrected chi connectivity index (χ2v) is 6.42. The number of anilines is 1. The van der Waals surface area contributed by atoms with Gasteiger partial charge in [-0.25, -0.2) is 0 Å². The van der Waals surface area contributed by atoms with E-state index in [1.54, 1.807) is 12.1 Å². The van der Waals surface area contributed by atoms with Crippen molar-refractivity contribution in [2.75, 3.05) is 12.3 Å². The number of fused-ring (bicyclic) bond motifs is 1. The molecule has 2 aromatic rings. The highest BCUT2D eigenvalue weighted by Gasteiger charge is 2.27. The van der Waals surface area contributed by atoms with Crippen molar-refractivity contribution < 1.29 is 9.53 Å². The molecule has 1 saturated heterocycles. The molecule has 2 unspecified atom stereocenters. The second-order valence-electron chi connectivity index (χ2n) is 4.93. The second kappa shape index (κ2) is 5.24. The zero-order chi connectivity index (χ0) is 14.3. The van der Waals surface area contributed by atoms with Gasteiger partial charge in [-0.05, 0) is 31.5 Å². The molecule has 1 aliphatic heterocycles. The molecule has 1 aromatic carbocycles. The van der Waals surface area contributed by atoms with Crippen LogP contribution in [0.2, 0.25) is 5.02 Å². The van der Waals surface area contributed by atoms with Gasteiger partial charge in [0.05, 0.1) is 17.8 Å². The number of ether oxygens (including phenoxy) is 1. The van der Waals surface area contributed by atoms with Crippen LogP contribution in [0.3, 0.4) is 0 Å². The third kappa shape index (κ3) is 2.37.